The van der Waals surface area contributed by atoms with E-state index in [0.29, 0.717) is 51.6 Å². The number of nitrogens with one attached hydrogen (secondary N) is 2. The highest BCUT2D eigenvalue weighted by atomic mass is 32.1. The summed E-state index contributed by atoms with van der Waals surface area (Å²) in [5.41, 5.74) is 0. The van der Waals surface area contributed by atoms with Gasteiger partial charge in [0.2, 0.25) is 23.6 Å². The molecule has 0 radical (unpaired) electrons. The second-order valence-corrected chi connectivity index (χ2v) is 9.74. The Morgan fingerprint density at radius 3 is 1.61 bits per heavy atom. The minimum Gasteiger partial charge on any atom is -0.469 e. The van der Waals surface area contributed by atoms with Crippen molar-refractivity contribution in [1.82, 2.24) is 25.3 Å². The minimum atomic E-state index is -0.461. The fourth-order valence-electron chi connectivity index (χ4n) is 4.46. The maximum Gasteiger partial charge on any atom is 0.310 e. The molecule has 2 saturated heterocycles. The van der Waals surface area contributed by atoms with Gasteiger partial charge in [0.15, 0.2) is 0 Å². The number of rotatable bonds is 16. The molecule has 2 N–H and O–H groups in total. The van der Waals surface area contributed by atoms with E-state index >= 15 is 0 Å². The zero-order chi connectivity index (χ0) is 28.1. The number of nitrogens with zero attached hydrogens (tertiary/aromatic N) is 3. The van der Waals surface area contributed by atoms with Crippen LogP contribution in [0.2, 0.25) is 0 Å². The van der Waals surface area contributed by atoms with Crippen LogP contribution in [0.1, 0.15) is 25.7 Å². The molecule has 0 aromatic heterocycles. The number of esters is 2. The molecule has 2 aliphatic heterocycles. The topological polar surface area (TPSA) is 155 Å². The number of likely N-dealkylation sites (tertiary alicyclic amines) is 2. The first-order valence-corrected chi connectivity index (χ1v) is 13.4. The summed E-state index contributed by atoms with van der Waals surface area (Å²) in [5.74, 6) is -1.77. The number of hydrogen-bond acceptors (Lipinski definition) is 10. The van der Waals surface area contributed by atoms with Crippen LogP contribution in [0.4, 0.5) is 0 Å². The summed E-state index contributed by atoms with van der Waals surface area (Å²) < 4.78 is 9.38. The maximum absolute atomic E-state index is 12.3. The third kappa shape index (κ3) is 10.1. The lowest BCUT2D eigenvalue weighted by Crippen LogP contribution is -2.39. The molecule has 0 aromatic rings. The van der Waals surface area contributed by atoms with Crippen LogP contribution >= 0.6 is 12.6 Å². The summed E-state index contributed by atoms with van der Waals surface area (Å²) in [7, 11) is 2.59. The van der Waals surface area contributed by atoms with Crippen LogP contribution in [-0.4, -0.2) is 129 Å². The Morgan fingerprint density at radius 1 is 0.816 bits per heavy atom. The molecule has 2 aliphatic rings. The van der Waals surface area contributed by atoms with Gasteiger partial charge in [-0.05, 0) is 0 Å². The number of carbonyl (C=O) groups excluding carboxylic acids is 6. The first kappa shape index (κ1) is 31.3. The Balaban J connectivity index is 1.61. The summed E-state index contributed by atoms with van der Waals surface area (Å²) in [6.07, 6.45) is 0.706. The molecule has 4 amide bonds. The minimum absolute atomic E-state index is 0.124. The van der Waals surface area contributed by atoms with Gasteiger partial charge in [0.1, 0.15) is 0 Å². The van der Waals surface area contributed by atoms with Crippen molar-refractivity contribution >= 4 is 48.2 Å². The van der Waals surface area contributed by atoms with Crippen LogP contribution in [0.25, 0.3) is 0 Å². The molecule has 2 atom stereocenters. The summed E-state index contributed by atoms with van der Waals surface area (Å²) >= 11 is 4.25. The largest absolute Gasteiger partial charge is 0.469 e. The Hall–Kier alpha value is -2.87. The summed E-state index contributed by atoms with van der Waals surface area (Å²) in [6, 6.07) is 0. The van der Waals surface area contributed by atoms with E-state index < -0.39 is 23.8 Å². The van der Waals surface area contributed by atoms with E-state index in [2.05, 4.69) is 32.7 Å². The van der Waals surface area contributed by atoms with Crippen LogP contribution < -0.4 is 10.6 Å². The normalized spacial score (nSPS) is 19.2. The van der Waals surface area contributed by atoms with Crippen molar-refractivity contribution in [1.29, 1.82) is 0 Å². The second kappa shape index (κ2) is 16.2. The number of carbonyl (C=O) groups is 6. The van der Waals surface area contributed by atoms with Gasteiger partial charge in [0.05, 0.1) is 26.1 Å². The first-order chi connectivity index (χ1) is 18.2. The van der Waals surface area contributed by atoms with E-state index in [0.717, 1.165) is 0 Å². The van der Waals surface area contributed by atoms with E-state index in [1.54, 1.807) is 9.80 Å². The lowest BCUT2D eigenvalue weighted by Gasteiger charge is -2.21. The standard InChI is InChI=1S/C24H39N5O8S/c1-36-23(34)17-13-21(32)28(15-17)9-5-25-19(30)3-7-27(11-12-38)8-4-20(31)26-6-10-29-16-18(14-22(29)33)24(35)37-2/h17-18,38H,3-16H2,1-2H3,(H,25,30)(H,26,31). The Morgan fingerprint density at radius 2 is 1.24 bits per heavy atom. The van der Waals surface area contributed by atoms with Crippen LogP contribution in [-0.2, 0) is 38.2 Å². The Kier molecular flexibility index (Phi) is 13.3. The molecule has 2 fully saturated rings. The van der Waals surface area contributed by atoms with Gasteiger partial charge < -0.3 is 34.8 Å². The van der Waals surface area contributed by atoms with Gasteiger partial charge in [-0.2, -0.15) is 12.6 Å². The van der Waals surface area contributed by atoms with Crippen LogP contribution in [0.3, 0.4) is 0 Å². The van der Waals surface area contributed by atoms with Crippen LogP contribution in [0.15, 0.2) is 0 Å². The van der Waals surface area contributed by atoms with Gasteiger partial charge in [-0.25, -0.2) is 0 Å². The van der Waals surface area contributed by atoms with E-state index in [1.165, 1.54) is 14.2 Å². The quantitative estimate of drug-likeness (QED) is 0.148. The van der Waals surface area contributed by atoms with E-state index in [9.17, 15) is 28.8 Å². The molecular weight excluding hydrogens is 518 g/mol. The summed E-state index contributed by atoms with van der Waals surface area (Å²) in [6.45, 7) is 3.31. The fraction of sp³-hybridized carbons (Fsp3) is 0.750. The molecule has 0 saturated carbocycles. The molecule has 0 aromatic carbocycles. The van der Waals surface area contributed by atoms with Crippen molar-refractivity contribution in [2.75, 3.05) is 78.9 Å². The van der Waals surface area contributed by atoms with Gasteiger partial charge >= 0.3 is 11.9 Å². The first-order valence-electron chi connectivity index (χ1n) is 12.8. The lowest BCUT2D eigenvalue weighted by molar-refractivity contribution is -0.145. The SMILES string of the molecule is COC(=O)C1CC(=O)N(CCNC(=O)CCN(CCS)CCC(=O)NCCN2CC(C(=O)OC)CC2=O)C1. The number of methoxy groups -OCH3 is 2. The molecule has 14 heteroatoms. The van der Waals surface area contributed by atoms with E-state index in [-0.39, 0.29) is 62.4 Å². The molecule has 214 valence electrons. The summed E-state index contributed by atoms with van der Waals surface area (Å²) in [5, 5.41) is 5.57. The molecule has 0 spiro atoms. The van der Waals surface area contributed by atoms with Crippen molar-refractivity contribution in [3.63, 3.8) is 0 Å². The predicted octanol–water partition coefficient (Wildman–Crippen LogP) is -1.73. The number of amides is 4. The fourth-order valence-corrected chi connectivity index (χ4v) is 4.74. The number of hydrogen-bond donors (Lipinski definition) is 3. The molecule has 2 rings (SSSR count). The highest BCUT2D eigenvalue weighted by Gasteiger charge is 2.35. The third-order valence-corrected chi connectivity index (χ3v) is 6.83. The smallest absolute Gasteiger partial charge is 0.310 e. The second-order valence-electron chi connectivity index (χ2n) is 9.29. The molecule has 38 heavy (non-hydrogen) atoms. The van der Waals surface area contributed by atoms with Gasteiger partial charge in [-0.1, -0.05) is 0 Å². The Labute approximate surface area is 228 Å². The molecule has 13 nitrogen and oxygen atoms in total. The predicted molar refractivity (Wildman–Crippen MR) is 139 cm³/mol. The molecule has 2 heterocycles. The van der Waals surface area contributed by atoms with Gasteiger partial charge in [0, 0.05) is 90.3 Å². The van der Waals surface area contributed by atoms with Crippen molar-refractivity contribution in [2.24, 2.45) is 11.8 Å². The van der Waals surface area contributed by atoms with Crippen molar-refractivity contribution in [2.45, 2.75) is 25.7 Å². The maximum atomic E-state index is 12.3. The number of ether oxygens (including phenoxy) is 2. The van der Waals surface area contributed by atoms with Gasteiger partial charge in [-0.15, -0.1) is 0 Å². The highest BCUT2D eigenvalue weighted by Crippen LogP contribution is 2.19. The average molecular weight is 558 g/mol. The van der Waals surface area contributed by atoms with Gasteiger partial charge in [0.25, 0.3) is 0 Å². The van der Waals surface area contributed by atoms with Gasteiger partial charge in [-0.3, -0.25) is 28.8 Å². The zero-order valence-electron chi connectivity index (χ0n) is 22.1. The van der Waals surface area contributed by atoms with Crippen LogP contribution in [0, 0.1) is 11.8 Å². The van der Waals surface area contributed by atoms with Crippen molar-refractivity contribution in [3.8, 4) is 0 Å². The monoisotopic (exact) mass is 557 g/mol. The summed E-state index contributed by atoms with van der Waals surface area (Å²) in [4.78, 5) is 76.9. The zero-order valence-corrected chi connectivity index (χ0v) is 23.0. The third-order valence-electron chi connectivity index (χ3n) is 6.63. The van der Waals surface area contributed by atoms with E-state index in [4.69, 9.17) is 0 Å². The molecule has 2 unspecified atom stereocenters. The highest BCUT2D eigenvalue weighted by molar-refractivity contribution is 7.80. The van der Waals surface area contributed by atoms with Crippen molar-refractivity contribution in [3.05, 3.63) is 0 Å². The molecule has 0 aliphatic carbocycles. The number of thiol groups is 1. The molecule has 0 bridgehead atoms. The lowest BCUT2D eigenvalue weighted by atomic mass is 10.1. The molecular formula is C24H39N5O8S. The van der Waals surface area contributed by atoms with E-state index in [1.807, 2.05) is 4.90 Å². The van der Waals surface area contributed by atoms with Crippen LogP contribution in [0.5, 0.6) is 0 Å². The van der Waals surface area contributed by atoms with Crippen molar-refractivity contribution < 1.29 is 38.2 Å². The Bertz CT molecular complexity index is 807. The average Bonchev–Trinajstić information content (AvgIpc) is 3.46.